The van der Waals surface area contributed by atoms with Gasteiger partial charge in [-0.15, -0.1) is 0 Å². The van der Waals surface area contributed by atoms with Crippen LogP contribution in [0, 0.1) is 0 Å². The maximum absolute atomic E-state index is 13.8. The Bertz CT molecular complexity index is 1940. The quantitative estimate of drug-likeness (QED) is 0.0834. The number of carboxylic acids is 2. The summed E-state index contributed by atoms with van der Waals surface area (Å²) in [5.74, 6) is -5.21. The van der Waals surface area contributed by atoms with Crippen LogP contribution in [0.15, 0.2) is 91.3 Å². The number of rotatable bonds is 15. The fourth-order valence-electron chi connectivity index (χ4n) is 5.62. The summed E-state index contributed by atoms with van der Waals surface area (Å²) >= 11 is 0. The van der Waals surface area contributed by atoms with E-state index in [-0.39, 0.29) is 19.3 Å². The highest BCUT2D eigenvalue weighted by Crippen LogP contribution is 2.21. The summed E-state index contributed by atoms with van der Waals surface area (Å²) in [6.45, 7) is 0. The summed E-state index contributed by atoms with van der Waals surface area (Å²) in [5, 5.41) is 28.6. The van der Waals surface area contributed by atoms with Crippen molar-refractivity contribution in [3.63, 3.8) is 0 Å². The third-order valence-corrected chi connectivity index (χ3v) is 8.09. The van der Waals surface area contributed by atoms with Crippen molar-refractivity contribution in [2.75, 3.05) is 0 Å². The molecule has 13 heteroatoms. The number of H-pyrrole nitrogens is 2. The van der Waals surface area contributed by atoms with Crippen LogP contribution in [0.1, 0.15) is 23.1 Å². The summed E-state index contributed by atoms with van der Waals surface area (Å²) in [6, 6.07) is 18.4. The molecule has 3 aromatic carbocycles. The Morgan fingerprint density at radius 3 is 1.65 bits per heavy atom. The fourth-order valence-corrected chi connectivity index (χ4v) is 5.62. The molecule has 0 aliphatic carbocycles. The molecule has 248 valence electrons. The van der Waals surface area contributed by atoms with Crippen molar-refractivity contribution in [3.05, 3.63) is 108 Å². The van der Waals surface area contributed by atoms with Gasteiger partial charge in [-0.05, 0) is 35.2 Å². The molecule has 3 amide bonds. The molecular weight excluding hydrogens is 616 g/mol. The van der Waals surface area contributed by atoms with Gasteiger partial charge in [0, 0.05) is 47.0 Å². The third-order valence-electron chi connectivity index (χ3n) is 8.09. The molecule has 0 aliphatic heterocycles. The van der Waals surface area contributed by atoms with Gasteiger partial charge in [-0.3, -0.25) is 19.2 Å². The minimum Gasteiger partial charge on any atom is -0.481 e. The maximum atomic E-state index is 13.8. The number of nitrogens with one attached hydrogen (secondary N) is 5. The number of hydrogen-bond acceptors (Lipinski definition) is 6. The van der Waals surface area contributed by atoms with Crippen LogP contribution in [0.3, 0.4) is 0 Å². The number of aliphatic carboxylic acids is 2. The van der Waals surface area contributed by atoms with Gasteiger partial charge < -0.3 is 41.9 Å². The lowest BCUT2D eigenvalue weighted by Crippen LogP contribution is -2.58. The average molecular weight is 653 g/mol. The molecule has 0 saturated heterocycles. The smallest absolute Gasteiger partial charge is 0.326 e. The fraction of sp³-hybridized carbons (Fsp3) is 0.229. The number of amides is 3. The molecule has 5 rings (SSSR count). The van der Waals surface area contributed by atoms with Crippen molar-refractivity contribution < 1.29 is 34.2 Å². The first-order chi connectivity index (χ1) is 23.1. The number of benzene rings is 3. The van der Waals surface area contributed by atoms with Crippen molar-refractivity contribution in [2.24, 2.45) is 5.73 Å². The van der Waals surface area contributed by atoms with Crippen LogP contribution in [0.5, 0.6) is 0 Å². The zero-order chi connectivity index (χ0) is 34.2. The number of aromatic amines is 2. The van der Waals surface area contributed by atoms with Crippen LogP contribution in [-0.2, 0) is 43.2 Å². The van der Waals surface area contributed by atoms with Gasteiger partial charge in [0.1, 0.15) is 18.1 Å². The lowest BCUT2D eigenvalue weighted by Gasteiger charge is -2.24. The van der Waals surface area contributed by atoms with E-state index in [1.807, 2.05) is 72.8 Å². The Labute approximate surface area is 274 Å². The molecule has 0 aliphatic rings. The number of carbonyl (C=O) groups is 5. The average Bonchev–Trinajstić information content (AvgIpc) is 3.67. The number of hydrogen-bond donors (Lipinski definition) is 8. The van der Waals surface area contributed by atoms with E-state index >= 15 is 0 Å². The lowest BCUT2D eigenvalue weighted by atomic mass is 10.0. The van der Waals surface area contributed by atoms with Crippen LogP contribution in [-0.4, -0.2) is 74.0 Å². The summed E-state index contributed by atoms with van der Waals surface area (Å²) < 4.78 is 0. The predicted molar refractivity (Wildman–Crippen MR) is 178 cm³/mol. The van der Waals surface area contributed by atoms with E-state index in [9.17, 15) is 34.2 Å². The molecule has 4 atom stereocenters. The van der Waals surface area contributed by atoms with Crippen molar-refractivity contribution in [2.45, 2.75) is 49.9 Å². The molecule has 0 bridgehead atoms. The molecule has 0 spiro atoms. The maximum Gasteiger partial charge on any atom is 0.326 e. The Kier molecular flexibility index (Phi) is 10.5. The highest BCUT2D eigenvalue weighted by atomic mass is 16.4. The van der Waals surface area contributed by atoms with E-state index in [2.05, 4.69) is 25.9 Å². The SMILES string of the molecule is NC(Cc1ccccc1)C(=O)NC(Cc1c[nH]c2ccccc12)C(=O)NC(CC(=O)O)C(=O)NC(Cc1c[nH]c2ccccc12)C(=O)O. The first-order valence-corrected chi connectivity index (χ1v) is 15.3. The van der Waals surface area contributed by atoms with Crippen LogP contribution in [0.25, 0.3) is 21.8 Å². The Morgan fingerprint density at radius 2 is 1.08 bits per heavy atom. The molecule has 13 nitrogen and oxygen atoms in total. The van der Waals surface area contributed by atoms with Crippen molar-refractivity contribution >= 4 is 51.5 Å². The van der Waals surface area contributed by atoms with E-state index < -0.39 is 60.2 Å². The van der Waals surface area contributed by atoms with E-state index in [4.69, 9.17) is 5.73 Å². The van der Waals surface area contributed by atoms with E-state index in [0.717, 1.165) is 27.4 Å². The van der Waals surface area contributed by atoms with Gasteiger partial charge in [-0.2, -0.15) is 0 Å². The topological polar surface area (TPSA) is 219 Å². The summed E-state index contributed by atoms with van der Waals surface area (Å²) in [7, 11) is 0. The number of carboxylic acid groups (broad SMARTS) is 2. The molecule has 0 fully saturated rings. The van der Waals surface area contributed by atoms with E-state index in [0.29, 0.717) is 11.1 Å². The van der Waals surface area contributed by atoms with Crippen LogP contribution < -0.4 is 21.7 Å². The first kappa shape index (κ1) is 33.4. The normalized spacial score (nSPS) is 13.7. The second kappa shape index (κ2) is 15.1. The van der Waals surface area contributed by atoms with Gasteiger partial charge in [-0.1, -0.05) is 66.7 Å². The van der Waals surface area contributed by atoms with Gasteiger partial charge in [0.2, 0.25) is 17.7 Å². The predicted octanol–water partition coefficient (Wildman–Crippen LogP) is 2.02. The molecule has 2 aromatic heterocycles. The third kappa shape index (κ3) is 8.25. The minimum atomic E-state index is -1.65. The van der Waals surface area contributed by atoms with E-state index in [1.165, 1.54) is 0 Å². The number of nitrogens with two attached hydrogens (primary N) is 1. The molecular formula is C35H36N6O7. The minimum absolute atomic E-state index is 0.0145. The van der Waals surface area contributed by atoms with Gasteiger partial charge in [-0.25, -0.2) is 4.79 Å². The summed E-state index contributed by atoms with van der Waals surface area (Å²) in [5.41, 5.74) is 9.92. The monoisotopic (exact) mass is 652 g/mol. The molecule has 0 saturated carbocycles. The second-order valence-electron chi connectivity index (χ2n) is 11.5. The largest absolute Gasteiger partial charge is 0.481 e. The van der Waals surface area contributed by atoms with Gasteiger partial charge in [0.15, 0.2) is 0 Å². The molecule has 4 unspecified atom stereocenters. The summed E-state index contributed by atoms with van der Waals surface area (Å²) in [4.78, 5) is 70.6. The zero-order valence-electron chi connectivity index (χ0n) is 25.8. The van der Waals surface area contributed by atoms with Gasteiger partial charge in [0.05, 0.1) is 12.5 Å². The highest BCUT2D eigenvalue weighted by Gasteiger charge is 2.32. The number of carbonyl (C=O) groups excluding carboxylic acids is 3. The standard InChI is InChI=1S/C35H36N6O7/c36-25(14-20-8-2-1-3-9-20)32(44)39-28(15-21-18-37-26-12-6-4-10-23(21)26)33(45)40-29(17-31(42)43)34(46)41-30(35(47)48)16-22-19-38-27-13-7-5-11-24(22)27/h1-13,18-19,25,28-30,37-38H,14-17,36H2,(H,39,44)(H,40,45)(H,41,46)(H,42,43)(H,47,48). The molecule has 5 aromatic rings. The number of aromatic nitrogens is 2. The highest BCUT2D eigenvalue weighted by molar-refractivity contribution is 5.96. The number of para-hydroxylation sites is 2. The molecule has 2 heterocycles. The Balaban J connectivity index is 1.34. The zero-order valence-corrected chi connectivity index (χ0v) is 25.8. The Hall–Kier alpha value is -5.95. The van der Waals surface area contributed by atoms with Crippen molar-refractivity contribution in [1.82, 2.24) is 25.9 Å². The van der Waals surface area contributed by atoms with Crippen LogP contribution >= 0.6 is 0 Å². The summed E-state index contributed by atoms with van der Waals surface area (Å²) in [6.07, 6.45) is 2.59. The van der Waals surface area contributed by atoms with Crippen LogP contribution in [0.4, 0.5) is 0 Å². The van der Waals surface area contributed by atoms with Gasteiger partial charge in [0.25, 0.3) is 0 Å². The Morgan fingerprint density at radius 1 is 0.604 bits per heavy atom. The van der Waals surface area contributed by atoms with Crippen molar-refractivity contribution in [1.29, 1.82) is 0 Å². The van der Waals surface area contributed by atoms with Gasteiger partial charge >= 0.3 is 11.9 Å². The first-order valence-electron chi connectivity index (χ1n) is 15.3. The number of fused-ring (bicyclic) bond motifs is 2. The van der Waals surface area contributed by atoms with E-state index in [1.54, 1.807) is 18.5 Å². The van der Waals surface area contributed by atoms with Crippen LogP contribution in [0.2, 0.25) is 0 Å². The van der Waals surface area contributed by atoms with Crippen molar-refractivity contribution in [3.8, 4) is 0 Å². The lowest BCUT2D eigenvalue weighted by molar-refractivity contribution is -0.143. The molecule has 9 N–H and O–H groups in total. The second-order valence-corrected chi connectivity index (χ2v) is 11.5. The molecule has 0 radical (unpaired) electrons. The molecule has 48 heavy (non-hydrogen) atoms.